The molecule has 1 amide bonds. The third kappa shape index (κ3) is 6.05. The lowest BCUT2D eigenvalue weighted by molar-refractivity contribution is -0.137. The van der Waals surface area contributed by atoms with Crippen molar-refractivity contribution in [1.29, 1.82) is 0 Å². The van der Waals surface area contributed by atoms with E-state index in [1.165, 1.54) is 4.90 Å². The first-order valence-electron chi connectivity index (χ1n) is 6.07. The quantitative estimate of drug-likeness (QED) is 0.871. The topological polar surface area (TPSA) is 49.8 Å². The predicted octanol–water partition coefficient (Wildman–Crippen LogP) is 2.09. The van der Waals surface area contributed by atoms with Gasteiger partial charge in [-0.3, -0.25) is 4.79 Å². The molecule has 1 aromatic carbocycles. The van der Waals surface area contributed by atoms with E-state index in [1.54, 1.807) is 27.0 Å². The maximum Gasteiger partial charge on any atom is 0.248 e. The Morgan fingerprint density at radius 1 is 1.42 bits per heavy atom. The molecule has 0 aliphatic rings. The van der Waals surface area contributed by atoms with Gasteiger partial charge in [-0.25, -0.2) is 0 Å². The highest BCUT2D eigenvalue weighted by atomic mass is 35.5. The van der Waals surface area contributed by atoms with Crippen molar-refractivity contribution >= 4 is 17.5 Å². The van der Waals surface area contributed by atoms with Crippen LogP contribution in [0.2, 0.25) is 5.02 Å². The highest BCUT2D eigenvalue weighted by molar-refractivity contribution is 6.31. The van der Waals surface area contributed by atoms with E-state index >= 15 is 0 Å². The number of aliphatic hydroxyl groups is 1. The molecular weight excluding hydrogens is 266 g/mol. The molecule has 0 fully saturated rings. The van der Waals surface area contributed by atoms with Gasteiger partial charge in [0.25, 0.3) is 0 Å². The minimum atomic E-state index is -0.910. The molecule has 0 saturated carbocycles. The molecule has 0 aromatic heterocycles. The molecule has 0 spiro atoms. The molecule has 1 aromatic rings. The summed E-state index contributed by atoms with van der Waals surface area (Å²) < 4.78 is 5.34. The number of ether oxygens (including phenoxy) is 1. The first-order valence-corrected chi connectivity index (χ1v) is 6.45. The molecule has 5 heteroatoms. The number of likely N-dealkylation sites (N-methyl/N-ethyl adjacent to an activating group) is 1. The highest BCUT2D eigenvalue weighted by Gasteiger charge is 2.19. The van der Waals surface area contributed by atoms with Crippen LogP contribution in [-0.4, -0.2) is 41.7 Å². The molecule has 0 radical (unpaired) electrons. The lowest BCUT2D eigenvalue weighted by atomic mass is 10.1. The van der Waals surface area contributed by atoms with Crippen molar-refractivity contribution in [2.45, 2.75) is 26.1 Å². The van der Waals surface area contributed by atoms with Gasteiger partial charge in [-0.05, 0) is 25.5 Å². The van der Waals surface area contributed by atoms with Crippen LogP contribution in [0.1, 0.15) is 19.4 Å². The summed E-state index contributed by atoms with van der Waals surface area (Å²) in [6.07, 6.45) is 0. The van der Waals surface area contributed by atoms with E-state index in [-0.39, 0.29) is 19.1 Å². The van der Waals surface area contributed by atoms with Crippen LogP contribution < -0.4 is 0 Å². The summed E-state index contributed by atoms with van der Waals surface area (Å²) in [6, 6.07) is 7.34. The van der Waals surface area contributed by atoms with Gasteiger partial charge in [-0.2, -0.15) is 0 Å². The zero-order valence-electron chi connectivity index (χ0n) is 11.5. The van der Waals surface area contributed by atoms with E-state index in [0.29, 0.717) is 11.6 Å². The second kappa shape index (κ2) is 6.89. The minimum absolute atomic E-state index is 0.0300. The maximum atomic E-state index is 11.8. The first kappa shape index (κ1) is 16.0. The highest BCUT2D eigenvalue weighted by Crippen LogP contribution is 2.15. The van der Waals surface area contributed by atoms with Crippen molar-refractivity contribution in [2.24, 2.45) is 0 Å². The van der Waals surface area contributed by atoms with Gasteiger partial charge in [-0.15, -0.1) is 0 Å². The standard InChI is InChI=1S/C14H20ClNO3/c1-14(2,18)10-16(3)13(17)9-19-8-11-6-4-5-7-12(11)15/h4-7,18H,8-10H2,1-3H3. The largest absolute Gasteiger partial charge is 0.389 e. The van der Waals surface area contributed by atoms with Gasteiger partial charge in [0.05, 0.1) is 12.2 Å². The number of benzene rings is 1. The number of carbonyl (C=O) groups excluding carboxylic acids is 1. The number of amides is 1. The summed E-state index contributed by atoms with van der Waals surface area (Å²) in [4.78, 5) is 13.2. The fourth-order valence-corrected chi connectivity index (χ4v) is 1.83. The van der Waals surface area contributed by atoms with Crippen LogP contribution >= 0.6 is 11.6 Å². The van der Waals surface area contributed by atoms with Gasteiger partial charge in [-0.1, -0.05) is 29.8 Å². The zero-order chi connectivity index (χ0) is 14.5. The SMILES string of the molecule is CN(CC(C)(C)O)C(=O)COCc1ccccc1Cl. The Morgan fingerprint density at radius 2 is 2.05 bits per heavy atom. The van der Waals surface area contributed by atoms with Crippen molar-refractivity contribution in [2.75, 3.05) is 20.2 Å². The van der Waals surface area contributed by atoms with Crippen molar-refractivity contribution in [1.82, 2.24) is 4.90 Å². The molecule has 0 unspecified atom stereocenters. The number of carbonyl (C=O) groups is 1. The fourth-order valence-electron chi connectivity index (χ4n) is 1.64. The van der Waals surface area contributed by atoms with Gasteiger partial charge < -0.3 is 14.7 Å². The van der Waals surface area contributed by atoms with Crippen LogP contribution in [0.15, 0.2) is 24.3 Å². The molecule has 1 N–H and O–H groups in total. The monoisotopic (exact) mass is 285 g/mol. The number of halogens is 1. The average molecular weight is 286 g/mol. The average Bonchev–Trinajstić information content (AvgIpc) is 2.29. The first-order chi connectivity index (χ1) is 8.79. The second-order valence-corrected chi connectivity index (χ2v) is 5.55. The number of hydrogen-bond acceptors (Lipinski definition) is 3. The maximum absolute atomic E-state index is 11.8. The Balaban J connectivity index is 2.37. The van der Waals surface area contributed by atoms with Crippen molar-refractivity contribution in [3.63, 3.8) is 0 Å². The van der Waals surface area contributed by atoms with Crippen LogP contribution in [0.25, 0.3) is 0 Å². The summed E-state index contributed by atoms with van der Waals surface area (Å²) >= 11 is 5.98. The number of hydrogen-bond donors (Lipinski definition) is 1. The lowest BCUT2D eigenvalue weighted by Crippen LogP contribution is -2.41. The van der Waals surface area contributed by atoms with E-state index in [1.807, 2.05) is 18.2 Å². The number of rotatable bonds is 6. The second-order valence-electron chi connectivity index (χ2n) is 5.15. The van der Waals surface area contributed by atoms with E-state index in [9.17, 15) is 9.90 Å². The van der Waals surface area contributed by atoms with Gasteiger partial charge in [0, 0.05) is 18.6 Å². The predicted molar refractivity (Wildman–Crippen MR) is 75.0 cm³/mol. The Bertz CT molecular complexity index is 429. The summed E-state index contributed by atoms with van der Waals surface area (Å²) in [6.45, 7) is 3.84. The third-order valence-electron chi connectivity index (χ3n) is 2.49. The van der Waals surface area contributed by atoms with Gasteiger partial charge in [0.15, 0.2) is 0 Å². The van der Waals surface area contributed by atoms with E-state index < -0.39 is 5.60 Å². The smallest absolute Gasteiger partial charge is 0.248 e. The van der Waals surface area contributed by atoms with Crippen LogP contribution in [0.4, 0.5) is 0 Å². The Labute approximate surface area is 118 Å². The van der Waals surface area contributed by atoms with Crippen molar-refractivity contribution < 1.29 is 14.6 Å². The number of nitrogens with zero attached hydrogens (tertiary/aromatic N) is 1. The Morgan fingerprint density at radius 3 is 2.63 bits per heavy atom. The molecule has 0 saturated heterocycles. The van der Waals surface area contributed by atoms with Crippen LogP contribution in [-0.2, 0) is 16.1 Å². The van der Waals surface area contributed by atoms with Crippen LogP contribution in [0.3, 0.4) is 0 Å². The van der Waals surface area contributed by atoms with Gasteiger partial charge >= 0.3 is 0 Å². The molecule has 0 heterocycles. The van der Waals surface area contributed by atoms with E-state index in [2.05, 4.69) is 0 Å². The van der Waals surface area contributed by atoms with E-state index in [4.69, 9.17) is 16.3 Å². The Kier molecular flexibility index (Phi) is 5.79. The molecule has 0 atom stereocenters. The van der Waals surface area contributed by atoms with Gasteiger partial charge in [0.1, 0.15) is 6.61 Å². The lowest BCUT2D eigenvalue weighted by Gasteiger charge is -2.25. The summed E-state index contributed by atoms with van der Waals surface area (Å²) in [5, 5.41) is 10.2. The van der Waals surface area contributed by atoms with E-state index in [0.717, 1.165) is 5.56 Å². The van der Waals surface area contributed by atoms with Crippen LogP contribution in [0, 0.1) is 0 Å². The normalized spacial score (nSPS) is 11.4. The third-order valence-corrected chi connectivity index (χ3v) is 2.86. The summed E-state index contributed by atoms with van der Waals surface area (Å²) in [7, 11) is 1.64. The molecule has 106 valence electrons. The molecule has 19 heavy (non-hydrogen) atoms. The fraction of sp³-hybridized carbons (Fsp3) is 0.500. The molecule has 4 nitrogen and oxygen atoms in total. The molecule has 0 aliphatic carbocycles. The summed E-state index contributed by atoms with van der Waals surface area (Å²) in [5.41, 5.74) is -0.0604. The van der Waals surface area contributed by atoms with Crippen molar-refractivity contribution in [3.05, 3.63) is 34.9 Å². The molecule has 1 rings (SSSR count). The minimum Gasteiger partial charge on any atom is -0.389 e. The van der Waals surface area contributed by atoms with Crippen LogP contribution in [0.5, 0.6) is 0 Å². The molecule has 0 bridgehead atoms. The summed E-state index contributed by atoms with van der Waals surface area (Å²) in [5.74, 6) is -0.172. The van der Waals surface area contributed by atoms with Gasteiger partial charge in [0.2, 0.25) is 5.91 Å². The molecular formula is C14H20ClNO3. The van der Waals surface area contributed by atoms with Crippen molar-refractivity contribution in [3.8, 4) is 0 Å². The zero-order valence-corrected chi connectivity index (χ0v) is 12.3. The Hall–Kier alpha value is -1.10. The molecule has 0 aliphatic heterocycles.